The molecule has 130 valence electrons. The second kappa shape index (κ2) is 7.03. The maximum atomic E-state index is 12.5. The number of nitrogens with zero attached hydrogens (tertiary/aromatic N) is 2. The Morgan fingerprint density at radius 1 is 1.12 bits per heavy atom. The minimum Gasteiger partial charge on any atom is -0.245 e. The Balaban J connectivity index is 1.84. The lowest BCUT2D eigenvalue weighted by Gasteiger charge is -2.22. The van der Waals surface area contributed by atoms with Gasteiger partial charge in [-0.3, -0.25) is 0 Å². The number of urea groups is 1. The van der Waals surface area contributed by atoms with E-state index in [-0.39, 0.29) is 21.0 Å². The van der Waals surface area contributed by atoms with Crippen LogP contribution in [0, 0.1) is 0 Å². The number of hydrogen-bond donors (Lipinski definition) is 1. The van der Waals surface area contributed by atoms with Crippen LogP contribution in [-0.4, -0.2) is 25.7 Å². The highest BCUT2D eigenvalue weighted by Gasteiger charge is 2.31. The lowest BCUT2D eigenvalue weighted by Crippen LogP contribution is -2.40. The van der Waals surface area contributed by atoms with Gasteiger partial charge in [0, 0.05) is 12.6 Å². The third kappa shape index (κ3) is 3.63. The molecule has 3 rings (SSSR count). The van der Waals surface area contributed by atoms with Crippen LogP contribution in [0.3, 0.4) is 0 Å². The van der Waals surface area contributed by atoms with Crippen LogP contribution >= 0.6 is 23.2 Å². The Morgan fingerprint density at radius 3 is 2.56 bits per heavy atom. The van der Waals surface area contributed by atoms with Gasteiger partial charge in [-0.25, -0.2) is 22.9 Å². The van der Waals surface area contributed by atoms with E-state index in [4.69, 9.17) is 23.2 Å². The van der Waals surface area contributed by atoms with Crippen LogP contribution in [0.5, 0.6) is 0 Å². The second-order valence-corrected chi connectivity index (χ2v) is 7.70. The standard InChI is InChI=1S/C16H13Cl2N3O3S/c17-12-7-4-8-14(15(12)18)25(23,24)20-16(22)21-13(9-10-19-21)11-5-2-1-3-6-11/h1-8,10,13H,9H2,(H,20,22). The van der Waals surface area contributed by atoms with Crippen LogP contribution in [0.15, 0.2) is 58.5 Å². The molecule has 0 bridgehead atoms. The first-order valence-electron chi connectivity index (χ1n) is 7.27. The maximum Gasteiger partial charge on any atom is 0.352 e. The third-order valence-corrected chi connectivity index (χ3v) is 5.94. The zero-order valence-electron chi connectivity index (χ0n) is 12.8. The van der Waals surface area contributed by atoms with Crippen molar-refractivity contribution < 1.29 is 13.2 Å². The quantitative estimate of drug-likeness (QED) is 0.854. The fraction of sp³-hybridized carbons (Fsp3) is 0.125. The highest BCUT2D eigenvalue weighted by molar-refractivity contribution is 7.90. The van der Waals surface area contributed by atoms with Gasteiger partial charge in [-0.15, -0.1) is 0 Å². The Kier molecular flexibility index (Phi) is 4.99. The zero-order valence-corrected chi connectivity index (χ0v) is 15.1. The van der Waals surface area contributed by atoms with E-state index >= 15 is 0 Å². The smallest absolute Gasteiger partial charge is 0.245 e. The molecule has 1 aliphatic heterocycles. The molecule has 1 atom stereocenters. The normalized spacial score (nSPS) is 16.9. The summed E-state index contributed by atoms with van der Waals surface area (Å²) in [4.78, 5) is 12.2. The van der Waals surface area contributed by atoms with Crippen molar-refractivity contribution in [3.05, 3.63) is 64.1 Å². The molecule has 9 heteroatoms. The van der Waals surface area contributed by atoms with E-state index in [1.54, 1.807) is 6.21 Å². The minimum absolute atomic E-state index is 0.0818. The van der Waals surface area contributed by atoms with Crippen molar-refractivity contribution in [2.45, 2.75) is 17.4 Å². The molecular formula is C16H13Cl2N3O3S. The summed E-state index contributed by atoms with van der Waals surface area (Å²) in [5.74, 6) is 0. The Morgan fingerprint density at radius 2 is 1.84 bits per heavy atom. The predicted molar refractivity (Wildman–Crippen MR) is 96.3 cm³/mol. The second-order valence-electron chi connectivity index (χ2n) is 5.27. The molecular weight excluding hydrogens is 385 g/mol. The molecule has 6 nitrogen and oxygen atoms in total. The maximum absolute atomic E-state index is 12.5. The van der Waals surface area contributed by atoms with E-state index in [2.05, 4.69) is 5.10 Å². The first kappa shape index (κ1) is 17.7. The largest absolute Gasteiger partial charge is 0.352 e. The minimum atomic E-state index is -4.19. The van der Waals surface area contributed by atoms with Gasteiger partial charge in [-0.05, 0) is 17.7 Å². The van der Waals surface area contributed by atoms with Crippen LogP contribution in [0.2, 0.25) is 10.0 Å². The molecule has 0 aliphatic carbocycles. The van der Waals surface area contributed by atoms with E-state index < -0.39 is 16.1 Å². The topological polar surface area (TPSA) is 78.8 Å². The Hall–Kier alpha value is -2.09. The van der Waals surface area contributed by atoms with Crippen LogP contribution in [-0.2, 0) is 10.0 Å². The number of hydrogen-bond acceptors (Lipinski definition) is 4. The summed E-state index contributed by atoms with van der Waals surface area (Å²) < 4.78 is 26.9. The number of nitrogens with one attached hydrogen (secondary N) is 1. The molecule has 0 aromatic heterocycles. The summed E-state index contributed by atoms with van der Waals surface area (Å²) in [6.07, 6.45) is 2.06. The van der Waals surface area contributed by atoms with Crippen molar-refractivity contribution in [1.29, 1.82) is 0 Å². The predicted octanol–water partition coefficient (Wildman–Crippen LogP) is 3.82. The SMILES string of the molecule is O=C(NS(=O)(=O)c1cccc(Cl)c1Cl)N1N=CCC1c1ccccc1. The molecule has 2 aromatic rings. The Labute approximate surface area is 155 Å². The molecule has 2 amide bonds. The van der Waals surface area contributed by atoms with Gasteiger partial charge in [-0.1, -0.05) is 59.6 Å². The van der Waals surface area contributed by atoms with Crippen LogP contribution in [0.1, 0.15) is 18.0 Å². The molecule has 0 fully saturated rings. The molecule has 1 heterocycles. The molecule has 0 spiro atoms. The van der Waals surface area contributed by atoms with Gasteiger partial charge in [0.15, 0.2) is 0 Å². The van der Waals surface area contributed by atoms with E-state index in [0.717, 1.165) is 10.6 Å². The summed E-state index contributed by atoms with van der Waals surface area (Å²) in [6, 6.07) is 12.2. The average molecular weight is 398 g/mol. The van der Waals surface area contributed by atoms with Gasteiger partial charge >= 0.3 is 6.03 Å². The van der Waals surface area contributed by atoms with E-state index in [9.17, 15) is 13.2 Å². The van der Waals surface area contributed by atoms with E-state index in [1.807, 2.05) is 35.1 Å². The number of halogens is 2. The molecule has 1 N–H and O–H groups in total. The fourth-order valence-electron chi connectivity index (χ4n) is 2.47. The number of hydrazone groups is 1. The highest BCUT2D eigenvalue weighted by Crippen LogP contribution is 2.30. The Bertz CT molecular complexity index is 933. The van der Waals surface area contributed by atoms with E-state index in [0.29, 0.717) is 6.42 Å². The van der Waals surface area contributed by atoms with Gasteiger partial charge < -0.3 is 0 Å². The zero-order chi connectivity index (χ0) is 18.0. The van der Waals surface area contributed by atoms with Crippen LogP contribution < -0.4 is 4.72 Å². The van der Waals surface area contributed by atoms with Crippen molar-refractivity contribution >= 4 is 45.5 Å². The molecule has 0 saturated heterocycles. The number of benzene rings is 2. The third-order valence-electron chi connectivity index (χ3n) is 3.65. The average Bonchev–Trinajstić information content (AvgIpc) is 3.07. The molecule has 0 radical (unpaired) electrons. The van der Waals surface area contributed by atoms with Gasteiger partial charge in [0.1, 0.15) is 4.90 Å². The summed E-state index contributed by atoms with van der Waals surface area (Å²) in [5.41, 5.74) is 0.855. The summed E-state index contributed by atoms with van der Waals surface area (Å²) in [6.45, 7) is 0. The van der Waals surface area contributed by atoms with E-state index in [1.165, 1.54) is 18.2 Å². The van der Waals surface area contributed by atoms with Gasteiger partial charge in [0.05, 0.1) is 16.1 Å². The van der Waals surface area contributed by atoms with Gasteiger partial charge in [-0.2, -0.15) is 5.10 Å². The summed E-state index contributed by atoms with van der Waals surface area (Å²) >= 11 is 11.8. The highest BCUT2D eigenvalue weighted by atomic mass is 35.5. The lowest BCUT2D eigenvalue weighted by molar-refractivity contribution is 0.192. The van der Waals surface area contributed by atoms with Crippen molar-refractivity contribution in [3.63, 3.8) is 0 Å². The number of carbonyl (C=O) groups is 1. The first-order chi connectivity index (χ1) is 11.9. The number of amides is 2. The van der Waals surface area contributed by atoms with Crippen molar-refractivity contribution in [2.75, 3.05) is 0 Å². The lowest BCUT2D eigenvalue weighted by atomic mass is 10.1. The summed E-state index contributed by atoms with van der Waals surface area (Å²) in [5, 5.41) is 5.02. The van der Waals surface area contributed by atoms with Crippen LogP contribution in [0.25, 0.3) is 0 Å². The van der Waals surface area contributed by atoms with Crippen molar-refractivity contribution in [3.8, 4) is 0 Å². The number of carbonyl (C=O) groups excluding carboxylic acids is 1. The monoisotopic (exact) mass is 397 g/mol. The number of rotatable bonds is 3. The fourth-order valence-corrected chi connectivity index (χ4v) is 4.17. The molecule has 1 unspecified atom stereocenters. The molecule has 1 aliphatic rings. The van der Waals surface area contributed by atoms with Gasteiger partial charge in [0.2, 0.25) is 0 Å². The molecule has 0 saturated carbocycles. The molecule has 25 heavy (non-hydrogen) atoms. The van der Waals surface area contributed by atoms with Crippen molar-refractivity contribution in [2.24, 2.45) is 5.10 Å². The summed E-state index contributed by atoms with van der Waals surface area (Å²) in [7, 11) is -4.19. The number of sulfonamides is 1. The van der Waals surface area contributed by atoms with Crippen molar-refractivity contribution in [1.82, 2.24) is 9.73 Å². The molecule has 2 aromatic carbocycles. The van der Waals surface area contributed by atoms with Gasteiger partial charge in [0.25, 0.3) is 10.0 Å². The van der Waals surface area contributed by atoms with Crippen LogP contribution in [0.4, 0.5) is 4.79 Å². The first-order valence-corrected chi connectivity index (χ1v) is 9.51.